The molecule has 0 saturated carbocycles. The molecule has 0 saturated heterocycles. The van der Waals surface area contributed by atoms with Crippen molar-refractivity contribution in [1.29, 1.82) is 0 Å². The first kappa shape index (κ1) is 18.2. The molecule has 1 unspecified atom stereocenters. The summed E-state index contributed by atoms with van der Waals surface area (Å²) in [7, 11) is 0. The number of unbranched alkanes of at least 4 members (excludes halogenated alkanes) is 1. The number of aliphatic imine (C=N–C) groups is 1. The quantitative estimate of drug-likeness (QED) is 0.548. The van der Waals surface area contributed by atoms with Crippen molar-refractivity contribution in [2.45, 2.75) is 59.8 Å². The van der Waals surface area contributed by atoms with Crippen molar-refractivity contribution in [3.05, 3.63) is 24.4 Å². The summed E-state index contributed by atoms with van der Waals surface area (Å²) < 4.78 is 0. The maximum absolute atomic E-state index is 4.21. The molecule has 1 atom stereocenters. The average Bonchev–Trinajstić information content (AvgIpc) is 2.66. The second-order valence-electron chi connectivity index (χ2n) is 6.96. The van der Waals surface area contributed by atoms with Crippen LogP contribution in [-0.4, -0.2) is 30.7 Å². The van der Waals surface area contributed by atoms with Gasteiger partial charge in [0.25, 0.3) is 0 Å². The molecule has 2 heteroatoms. The minimum absolute atomic E-state index is 0.152. The third kappa shape index (κ3) is 8.21. The van der Waals surface area contributed by atoms with Gasteiger partial charge in [-0.15, -0.1) is 0 Å². The van der Waals surface area contributed by atoms with E-state index in [1.165, 1.54) is 51.7 Å². The molecular formula is C19H34N2. The molecule has 1 aliphatic rings. The third-order valence-corrected chi connectivity index (χ3v) is 4.24. The van der Waals surface area contributed by atoms with Crippen LogP contribution in [0.15, 0.2) is 29.4 Å². The summed E-state index contributed by atoms with van der Waals surface area (Å²) in [4.78, 5) is 6.86. The molecule has 0 fully saturated rings. The van der Waals surface area contributed by atoms with Crippen molar-refractivity contribution < 1.29 is 0 Å². The van der Waals surface area contributed by atoms with Gasteiger partial charge in [-0.25, -0.2) is 0 Å². The zero-order valence-corrected chi connectivity index (χ0v) is 14.5. The molecule has 0 bridgehead atoms. The van der Waals surface area contributed by atoms with Crippen LogP contribution in [0.3, 0.4) is 0 Å². The minimum atomic E-state index is 0.152. The normalized spacial score (nSPS) is 21.4. The van der Waals surface area contributed by atoms with E-state index in [0.717, 1.165) is 5.92 Å². The molecule has 0 radical (unpaired) electrons. The van der Waals surface area contributed by atoms with Gasteiger partial charge in [0.1, 0.15) is 0 Å². The number of rotatable bonds is 10. The molecule has 0 aromatic rings. The lowest BCUT2D eigenvalue weighted by molar-refractivity contribution is 0.236. The Morgan fingerprint density at radius 1 is 1.10 bits per heavy atom. The van der Waals surface area contributed by atoms with Gasteiger partial charge in [0.15, 0.2) is 0 Å². The second kappa shape index (κ2) is 9.94. The Balaban J connectivity index is 2.43. The van der Waals surface area contributed by atoms with Crippen molar-refractivity contribution in [3.63, 3.8) is 0 Å². The van der Waals surface area contributed by atoms with E-state index >= 15 is 0 Å². The van der Waals surface area contributed by atoms with E-state index in [2.05, 4.69) is 55.8 Å². The van der Waals surface area contributed by atoms with Crippen molar-refractivity contribution in [1.82, 2.24) is 4.90 Å². The van der Waals surface area contributed by atoms with Crippen LogP contribution in [0.2, 0.25) is 0 Å². The molecule has 120 valence electrons. The summed E-state index contributed by atoms with van der Waals surface area (Å²) in [5.41, 5.74) is 0.152. The number of hydrogen-bond acceptors (Lipinski definition) is 2. The Bertz CT molecular complexity index is 337. The SMILES string of the molecule is CCCCN(CCCC(C)C)CCC1(C)C=CC=NC=C1. The van der Waals surface area contributed by atoms with Gasteiger partial charge in [0.05, 0.1) is 0 Å². The van der Waals surface area contributed by atoms with Crippen LogP contribution < -0.4 is 0 Å². The van der Waals surface area contributed by atoms with Crippen LogP contribution >= 0.6 is 0 Å². The van der Waals surface area contributed by atoms with Gasteiger partial charge in [0.2, 0.25) is 0 Å². The van der Waals surface area contributed by atoms with Crippen LogP contribution in [-0.2, 0) is 0 Å². The van der Waals surface area contributed by atoms with Crippen molar-refractivity contribution in [2.75, 3.05) is 19.6 Å². The molecule has 0 N–H and O–H groups in total. The zero-order valence-electron chi connectivity index (χ0n) is 14.5. The second-order valence-corrected chi connectivity index (χ2v) is 6.96. The van der Waals surface area contributed by atoms with Crippen molar-refractivity contribution in [3.8, 4) is 0 Å². The maximum Gasteiger partial charge on any atom is 0.0264 e. The van der Waals surface area contributed by atoms with Gasteiger partial charge in [0, 0.05) is 17.8 Å². The Labute approximate surface area is 132 Å². The summed E-state index contributed by atoms with van der Waals surface area (Å²) >= 11 is 0. The van der Waals surface area contributed by atoms with Crippen molar-refractivity contribution >= 4 is 6.21 Å². The Kier molecular flexibility index (Phi) is 8.60. The van der Waals surface area contributed by atoms with E-state index in [1.807, 2.05) is 12.4 Å². The molecule has 0 spiro atoms. The lowest BCUT2D eigenvalue weighted by Gasteiger charge is -2.28. The fourth-order valence-electron chi connectivity index (χ4n) is 2.64. The summed E-state index contributed by atoms with van der Waals surface area (Å²) in [6.45, 7) is 12.9. The van der Waals surface area contributed by atoms with Gasteiger partial charge >= 0.3 is 0 Å². The molecule has 1 rings (SSSR count). The first-order chi connectivity index (χ1) is 10.1. The van der Waals surface area contributed by atoms with E-state index in [-0.39, 0.29) is 5.41 Å². The van der Waals surface area contributed by atoms with Crippen LogP contribution in [0, 0.1) is 11.3 Å². The smallest absolute Gasteiger partial charge is 0.0264 e. The summed E-state index contributed by atoms with van der Waals surface area (Å²) in [5, 5.41) is 0. The summed E-state index contributed by atoms with van der Waals surface area (Å²) in [5.74, 6) is 0.820. The highest BCUT2D eigenvalue weighted by Gasteiger charge is 2.19. The lowest BCUT2D eigenvalue weighted by Crippen LogP contribution is -2.30. The minimum Gasteiger partial charge on any atom is -0.303 e. The van der Waals surface area contributed by atoms with E-state index in [1.54, 1.807) is 0 Å². The van der Waals surface area contributed by atoms with Crippen LogP contribution in [0.4, 0.5) is 0 Å². The fourth-order valence-corrected chi connectivity index (χ4v) is 2.64. The zero-order chi connectivity index (χ0) is 15.6. The summed E-state index contributed by atoms with van der Waals surface area (Å²) in [6.07, 6.45) is 16.8. The molecule has 0 aliphatic carbocycles. The summed E-state index contributed by atoms with van der Waals surface area (Å²) in [6, 6.07) is 0. The van der Waals surface area contributed by atoms with E-state index in [9.17, 15) is 0 Å². The largest absolute Gasteiger partial charge is 0.303 e. The molecule has 1 heterocycles. The van der Waals surface area contributed by atoms with Gasteiger partial charge in [-0.3, -0.25) is 4.99 Å². The highest BCUT2D eigenvalue weighted by Crippen LogP contribution is 2.26. The Morgan fingerprint density at radius 3 is 2.57 bits per heavy atom. The molecule has 2 nitrogen and oxygen atoms in total. The standard InChI is InChI=1S/C19H34N2/c1-5-6-15-21(16-7-9-18(2)3)17-12-19(4)10-8-13-20-14-11-19/h8,10-11,13-14,18H,5-7,9,12,15-17H2,1-4H3. The predicted octanol–water partition coefficient (Wildman–Crippen LogP) is 5.08. The lowest BCUT2D eigenvalue weighted by atomic mass is 9.86. The van der Waals surface area contributed by atoms with Crippen molar-refractivity contribution in [2.24, 2.45) is 16.3 Å². The van der Waals surface area contributed by atoms with E-state index in [0.29, 0.717) is 0 Å². The first-order valence-corrected chi connectivity index (χ1v) is 8.67. The molecule has 0 aromatic heterocycles. The van der Waals surface area contributed by atoms with E-state index in [4.69, 9.17) is 0 Å². The molecule has 0 aromatic carbocycles. The number of allylic oxidation sites excluding steroid dienone is 3. The monoisotopic (exact) mass is 290 g/mol. The van der Waals surface area contributed by atoms with Gasteiger partial charge in [-0.05, 0) is 57.3 Å². The van der Waals surface area contributed by atoms with E-state index < -0.39 is 0 Å². The average molecular weight is 290 g/mol. The number of nitrogens with zero attached hydrogens (tertiary/aromatic N) is 2. The van der Waals surface area contributed by atoms with Gasteiger partial charge < -0.3 is 4.90 Å². The van der Waals surface area contributed by atoms with Crippen LogP contribution in [0.25, 0.3) is 0 Å². The molecule has 1 aliphatic heterocycles. The molecular weight excluding hydrogens is 256 g/mol. The van der Waals surface area contributed by atoms with Crippen LogP contribution in [0.1, 0.15) is 59.8 Å². The van der Waals surface area contributed by atoms with Gasteiger partial charge in [-0.1, -0.05) is 46.3 Å². The molecule has 21 heavy (non-hydrogen) atoms. The highest BCUT2D eigenvalue weighted by molar-refractivity contribution is 5.72. The fraction of sp³-hybridized carbons (Fsp3) is 0.737. The maximum atomic E-state index is 4.21. The highest BCUT2D eigenvalue weighted by atomic mass is 15.1. The van der Waals surface area contributed by atoms with Crippen LogP contribution in [0.5, 0.6) is 0 Å². The van der Waals surface area contributed by atoms with Gasteiger partial charge in [-0.2, -0.15) is 0 Å². The third-order valence-electron chi connectivity index (χ3n) is 4.24. The number of hydrogen-bond donors (Lipinski definition) is 0. The first-order valence-electron chi connectivity index (χ1n) is 8.67. The Hall–Kier alpha value is -0.890. The molecule has 0 amide bonds. The topological polar surface area (TPSA) is 15.6 Å². The predicted molar refractivity (Wildman–Crippen MR) is 94.9 cm³/mol. The Morgan fingerprint density at radius 2 is 1.86 bits per heavy atom.